The first-order valence-electron chi connectivity index (χ1n) is 10.0. The molecule has 7 heteroatoms. The number of esters is 1. The Morgan fingerprint density at radius 2 is 1.87 bits per heavy atom. The van der Waals surface area contributed by atoms with Crippen molar-refractivity contribution in [3.05, 3.63) is 70.3 Å². The average Bonchev–Trinajstić information content (AvgIpc) is 2.78. The van der Waals surface area contributed by atoms with E-state index in [0.717, 1.165) is 24.1 Å². The van der Waals surface area contributed by atoms with E-state index in [1.54, 1.807) is 30.1 Å². The number of carbonyl (C=O) groups excluding carboxylic acids is 2. The van der Waals surface area contributed by atoms with Gasteiger partial charge in [0.05, 0.1) is 17.3 Å². The third-order valence-electron chi connectivity index (χ3n) is 5.40. The number of para-hydroxylation sites is 2. The molecule has 0 atom stereocenters. The lowest BCUT2D eigenvalue weighted by molar-refractivity contribution is -0.147. The van der Waals surface area contributed by atoms with Crippen LogP contribution in [0, 0.1) is 0 Å². The molecule has 154 valence electrons. The molecule has 1 aliphatic rings. The van der Waals surface area contributed by atoms with Gasteiger partial charge < -0.3 is 9.64 Å². The molecule has 30 heavy (non-hydrogen) atoms. The number of ether oxygens (including phenoxy) is 1. The van der Waals surface area contributed by atoms with Crippen molar-refractivity contribution in [2.24, 2.45) is 7.05 Å². The van der Waals surface area contributed by atoms with E-state index in [4.69, 9.17) is 4.74 Å². The standard InChI is InChI=1S/C23H23N3O4/c1-25-20(24-18-10-4-3-9-17(18)23(25)29)12-13-22(28)30-15-21(27)26-14-6-8-16-7-2-5-11-19(16)26/h2-5,7,9-11H,6,8,12-15H2,1H3. The SMILES string of the molecule is Cn1c(CCC(=O)OCC(=O)N2CCCc3ccccc32)nc2ccccc2c1=O. The van der Waals surface area contributed by atoms with Crippen LogP contribution in [0.25, 0.3) is 10.9 Å². The molecular formula is C23H23N3O4. The Kier molecular flexibility index (Phi) is 5.61. The Morgan fingerprint density at radius 1 is 1.10 bits per heavy atom. The number of carbonyl (C=O) groups is 2. The molecule has 7 nitrogen and oxygen atoms in total. The number of aryl methyl sites for hydroxylation is 2. The summed E-state index contributed by atoms with van der Waals surface area (Å²) in [5.74, 6) is -0.213. The fourth-order valence-electron chi connectivity index (χ4n) is 3.79. The molecule has 1 aliphatic heterocycles. The maximum Gasteiger partial charge on any atom is 0.306 e. The van der Waals surface area contributed by atoms with E-state index in [9.17, 15) is 14.4 Å². The molecule has 3 aromatic rings. The Balaban J connectivity index is 1.36. The van der Waals surface area contributed by atoms with Crippen molar-refractivity contribution >= 4 is 28.5 Å². The first-order valence-corrected chi connectivity index (χ1v) is 10.0. The van der Waals surface area contributed by atoms with Crippen LogP contribution in [0.15, 0.2) is 53.3 Å². The average molecular weight is 405 g/mol. The molecule has 0 bridgehead atoms. The van der Waals surface area contributed by atoms with Crippen molar-refractivity contribution < 1.29 is 14.3 Å². The Hall–Kier alpha value is -3.48. The minimum Gasteiger partial charge on any atom is -0.456 e. The highest BCUT2D eigenvalue weighted by molar-refractivity contribution is 5.96. The molecule has 0 spiro atoms. The van der Waals surface area contributed by atoms with Crippen molar-refractivity contribution in [2.75, 3.05) is 18.1 Å². The quantitative estimate of drug-likeness (QED) is 0.609. The molecule has 1 aromatic heterocycles. The van der Waals surface area contributed by atoms with Crippen molar-refractivity contribution in [1.29, 1.82) is 0 Å². The number of fused-ring (bicyclic) bond motifs is 2. The van der Waals surface area contributed by atoms with Crippen LogP contribution in [0.3, 0.4) is 0 Å². The van der Waals surface area contributed by atoms with Gasteiger partial charge in [-0.05, 0) is 36.6 Å². The van der Waals surface area contributed by atoms with Crippen LogP contribution in [-0.2, 0) is 34.2 Å². The summed E-state index contributed by atoms with van der Waals surface area (Å²) in [7, 11) is 1.64. The summed E-state index contributed by atoms with van der Waals surface area (Å²) in [6, 6.07) is 14.9. The summed E-state index contributed by atoms with van der Waals surface area (Å²) in [6.07, 6.45) is 2.13. The van der Waals surface area contributed by atoms with Crippen LogP contribution < -0.4 is 10.5 Å². The van der Waals surface area contributed by atoms with Crippen molar-refractivity contribution in [3.63, 3.8) is 0 Å². The number of aromatic nitrogens is 2. The highest BCUT2D eigenvalue weighted by atomic mass is 16.5. The minimum atomic E-state index is -0.490. The van der Waals surface area contributed by atoms with E-state index in [1.165, 1.54) is 4.57 Å². The second-order valence-electron chi connectivity index (χ2n) is 7.35. The van der Waals surface area contributed by atoms with Gasteiger partial charge in [0.25, 0.3) is 11.5 Å². The molecule has 1 amide bonds. The van der Waals surface area contributed by atoms with Gasteiger partial charge in [-0.1, -0.05) is 30.3 Å². The number of hydrogen-bond acceptors (Lipinski definition) is 5. The zero-order valence-electron chi connectivity index (χ0n) is 16.8. The fraction of sp³-hybridized carbons (Fsp3) is 0.304. The zero-order valence-corrected chi connectivity index (χ0v) is 16.8. The lowest BCUT2D eigenvalue weighted by atomic mass is 10.0. The minimum absolute atomic E-state index is 0.0441. The molecule has 0 fully saturated rings. The summed E-state index contributed by atoms with van der Waals surface area (Å²) in [4.78, 5) is 43.4. The maximum absolute atomic E-state index is 12.6. The number of rotatable bonds is 5. The summed E-state index contributed by atoms with van der Waals surface area (Å²) in [5.41, 5.74) is 2.47. The molecule has 0 N–H and O–H groups in total. The molecule has 0 aliphatic carbocycles. The molecule has 2 heterocycles. The van der Waals surface area contributed by atoms with E-state index < -0.39 is 5.97 Å². The largest absolute Gasteiger partial charge is 0.456 e. The molecule has 4 rings (SSSR count). The number of amides is 1. The van der Waals surface area contributed by atoms with E-state index in [0.29, 0.717) is 23.3 Å². The predicted octanol–water partition coefficient (Wildman–Crippen LogP) is 2.39. The summed E-state index contributed by atoms with van der Waals surface area (Å²) >= 11 is 0. The smallest absolute Gasteiger partial charge is 0.306 e. The van der Waals surface area contributed by atoms with Gasteiger partial charge in [-0.15, -0.1) is 0 Å². The second kappa shape index (κ2) is 8.49. The van der Waals surface area contributed by atoms with Gasteiger partial charge in [-0.25, -0.2) is 4.98 Å². The monoisotopic (exact) mass is 405 g/mol. The number of benzene rings is 2. The first kappa shape index (κ1) is 19.8. The highest BCUT2D eigenvalue weighted by Gasteiger charge is 2.23. The normalized spacial score (nSPS) is 13.2. The zero-order chi connectivity index (χ0) is 21.1. The van der Waals surface area contributed by atoms with Crippen molar-refractivity contribution in [3.8, 4) is 0 Å². The molecule has 0 radical (unpaired) electrons. The fourth-order valence-corrected chi connectivity index (χ4v) is 3.79. The van der Waals surface area contributed by atoms with Gasteiger partial charge in [-0.2, -0.15) is 0 Å². The number of nitrogens with zero attached hydrogens (tertiary/aromatic N) is 3. The van der Waals surface area contributed by atoms with Crippen molar-refractivity contribution in [2.45, 2.75) is 25.7 Å². The third-order valence-corrected chi connectivity index (χ3v) is 5.40. The van der Waals surface area contributed by atoms with Crippen LogP contribution in [0.2, 0.25) is 0 Å². The third kappa shape index (κ3) is 3.96. The summed E-state index contributed by atoms with van der Waals surface area (Å²) < 4.78 is 6.66. The van der Waals surface area contributed by atoms with Gasteiger partial charge in [0, 0.05) is 25.7 Å². The predicted molar refractivity (Wildman–Crippen MR) is 113 cm³/mol. The summed E-state index contributed by atoms with van der Waals surface area (Å²) in [6.45, 7) is 0.327. The van der Waals surface area contributed by atoms with Crippen LogP contribution in [-0.4, -0.2) is 34.6 Å². The molecule has 0 saturated carbocycles. The lowest BCUT2D eigenvalue weighted by Gasteiger charge is -2.29. The van der Waals surface area contributed by atoms with Crippen molar-refractivity contribution in [1.82, 2.24) is 9.55 Å². The Morgan fingerprint density at radius 3 is 2.73 bits per heavy atom. The van der Waals surface area contributed by atoms with E-state index >= 15 is 0 Å². The van der Waals surface area contributed by atoms with Crippen LogP contribution >= 0.6 is 0 Å². The maximum atomic E-state index is 12.6. The van der Waals surface area contributed by atoms with Gasteiger partial charge in [0.2, 0.25) is 0 Å². The first-order chi connectivity index (χ1) is 14.5. The van der Waals surface area contributed by atoms with Gasteiger partial charge >= 0.3 is 5.97 Å². The van der Waals surface area contributed by atoms with E-state index in [2.05, 4.69) is 4.98 Å². The molecular weight excluding hydrogens is 382 g/mol. The Bertz CT molecular complexity index is 1170. The van der Waals surface area contributed by atoms with Gasteiger partial charge in [0.1, 0.15) is 5.82 Å². The van der Waals surface area contributed by atoms with Crippen LogP contribution in [0.4, 0.5) is 5.69 Å². The van der Waals surface area contributed by atoms with Crippen LogP contribution in [0.1, 0.15) is 24.2 Å². The highest BCUT2D eigenvalue weighted by Crippen LogP contribution is 2.26. The topological polar surface area (TPSA) is 81.5 Å². The number of anilines is 1. The van der Waals surface area contributed by atoms with E-state index in [-0.39, 0.29) is 30.9 Å². The lowest BCUT2D eigenvalue weighted by Crippen LogP contribution is -2.38. The van der Waals surface area contributed by atoms with Gasteiger partial charge in [-0.3, -0.25) is 19.0 Å². The molecule has 2 aromatic carbocycles. The van der Waals surface area contributed by atoms with Gasteiger partial charge in [0.15, 0.2) is 6.61 Å². The summed E-state index contributed by atoms with van der Waals surface area (Å²) in [5, 5.41) is 0.540. The van der Waals surface area contributed by atoms with E-state index in [1.807, 2.05) is 30.3 Å². The second-order valence-corrected chi connectivity index (χ2v) is 7.35. The van der Waals surface area contributed by atoms with Crippen LogP contribution in [0.5, 0.6) is 0 Å². The number of hydrogen-bond donors (Lipinski definition) is 0. The Labute approximate surface area is 173 Å². The molecule has 0 saturated heterocycles. The molecule has 0 unspecified atom stereocenters.